The molecule has 4 heteroatoms. The van der Waals surface area contributed by atoms with Crippen LogP contribution in [0.2, 0.25) is 0 Å². The second-order valence-electron chi connectivity index (χ2n) is 8.65. The Morgan fingerprint density at radius 2 is 2.00 bits per heavy atom. The number of allylic oxidation sites excluding steroid dienone is 1. The highest BCUT2D eigenvalue weighted by atomic mass is 16.3. The zero-order chi connectivity index (χ0) is 24.3. The molecule has 0 aliphatic heterocycles. The number of Topliss-reactive ketones (excluding diaryl/α,β-unsaturated/α-hetero) is 1. The van der Waals surface area contributed by atoms with Crippen LogP contribution in [0.15, 0.2) is 11.6 Å². The minimum absolute atomic E-state index is 0.0161. The number of carbonyl (C=O) groups excluding carboxylic acids is 2. The van der Waals surface area contributed by atoms with Gasteiger partial charge in [-0.15, -0.1) is 0 Å². The van der Waals surface area contributed by atoms with Crippen LogP contribution in [-0.4, -0.2) is 33.9 Å². The number of fused-ring (bicyclic) bond motifs is 5. The first-order chi connectivity index (χ1) is 14.3. The van der Waals surface area contributed by atoms with Gasteiger partial charge in [0, 0.05) is 17.3 Å². The molecule has 0 aromatic rings. The van der Waals surface area contributed by atoms with Gasteiger partial charge in [-0.3, -0.25) is 9.59 Å². The van der Waals surface area contributed by atoms with Crippen LogP contribution in [0.5, 0.6) is 0 Å². The Morgan fingerprint density at radius 1 is 1.28 bits per heavy atom. The highest BCUT2D eigenvalue weighted by molar-refractivity contribution is 5.91. The van der Waals surface area contributed by atoms with Crippen molar-refractivity contribution in [3.8, 4) is 0 Å². The van der Waals surface area contributed by atoms with Crippen molar-refractivity contribution in [2.24, 2.45) is 28.6 Å². The summed E-state index contributed by atoms with van der Waals surface area (Å²) in [6.45, 7) is 0.247. The van der Waals surface area contributed by atoms with Crippen molar-refractivity contribution in [2.45, 2.75) is 70.7 Å². The molecular formula is C21H30O4. The zero-order valence-corrected chi connectivity index (χ0v) is 14.7. The molecule has 4 aliphatic carbocycles. The van der Waals surface area contributed by atoms with E-state index in [4.69, 9.17) is 9.60 Å². The summed E-state index contributed by atoms with van der Waals surface area (Å²) >= 11 is 0. The fourth-order valence-corrected chi connectivity index (χ4v) is 6.28. The van der Waals surface area contributed by atoms with Crippen LogP contribution < -0.4 is 0 Å². The number of ketones is 2. The van der Waals surface area contributed by atoms with Gasteiger partial charge < -0.3 is 10.2 Å². The monoisotopic (exact) mass is 353 g/mol. The fourth-order valence-electron chi connectivity index (χ4n) is 6.28. The van der Waals surface area contributed by atoms with Crippen molar-refractivity contribution >= 4 is 11.6 Å². The Bertz CT molecular complexity index is 926. The van der Waals surface area contributed by atoms with E-state index in [1.165, 1.54) is 0 Å². The summed E-state index contributed by atoms with van der Waals surface area (Å²) in [5.74, 6) is -3.19. The molecule has 25 heavy (non-hydrogen) atoms. The van der Waals surface area contributed by atoms with Crippen molar-refractivity contribution in [3.05, 3.63) is 11.6 Å². The van der Waals surface area contributed by atoms with Crippen LogP contribution in [0.4, 0.5) is 0 Å². The van der Waals surface area contributed by atoms with E-state index in [0.29, 0.717) is 19.3 Å². The lowest BCUT2D eigenvalue weighted by atomic mass is 9.46. The molecule has 0 heterocycles. The van der Waals surface area contributed by atoms with Crippen LogP contribution in [0.1, 0.15) is 74.7 Å². The Hall–Kier alpha value is -1.00. The van der Waals surface area contributed by atoms with Gasteiger partial charge in [-0.1, -0.05) is 19.4 Å². The van der Waals surface area contributed by atoms with Crippen molar-refractivity contribution in [1.82, 2.24) is 0 Å². The highest BCUT2D eigenvalue weighted by Crippen LogP contribution is 2.67. The Morgan fingerprint density at radius 3 is 2.72 bits per heavy atom. The summed E-state index contributed by atoms with van der Waals surface area (Å²) in [6.07, 6.45) is -3.49. The molecule has 4 rings (SSSR count). The van der Waals surface area contributed by atoms with E-state index in [-0.39, 0.29) is 42.6 Å². The third-order valence-electron chi connectivity index (χ3n) is 7.82. The van der Waals surface area contributed by atoms with E-state index in [9.17, 15) is 19.8 Å². The third kappa shape index (κ3) is 2.13. The highest BCUT2D eigenvalue weighted by Gasteiger charge is 2.65. The van der Waals surface area contributed by atoms with Crippen molar-refractivity contribution in [2.75, 3.05) is 6.56 Å². The van der Waals surface area contributed by atoms with Gasteiger partial charge in [-0.2, -0.15) is 0 Å². The molecule has 3 saturated carbocycles. The number of aliphatic hydroxyl groups is 2. The molecule has 0 aromatic heterocycles. The van der Waals surface area contributed by atoms with Crippen molar-refractivity contribution < 1.29 is 29.4 Å². The molecule has 3 fully saturated rings. The molecule has 0 saturated heterocycles. The molecule has 0 bridgehead atoms. The predicted molar refractivity (Wildman–Crippen MR) is 93.8 cm³/mol. The molecule has 0 aromatic carbocycles. The Kier molecular flexibility index (Phi) is 2.42. The number of carbonyl (C=O) groups is 2. The van der Waals surface area contributed by atoms with E-state index in [1.54, 1.807) is 13.8 Å². The molecule has 0 spiro atoms. The van der Waals surface area contributed by atoms with E-state index in [2.05, 4.69) is 0 Å². The van der Waals surface area contributed by atoms with E-state index >= 15 is 0 Å². The zero-order valence-electron chi connectivity index (χ0n) is 21.7. The van der Waals surface area contributed by atoms with Crippen LogP contribution >= 0.6 is 0 Å². The normalized spacial score (nSPS) is 58.2. The Balaban J connectivity index is 1.81. The SMILES string of the molecule is [2H]C1=C2C([2H])([2H])C[C@H]3[C@@H]4CC[C@](O)(C(=O)C([2H])([2H])O)C4(C)CC[C@@H]3[C@@]2(C)CC([2H])([2H])C1=O. The first-order valence-corrected chi connectivity index (χ1v) is 9.09. The van der Waals surface area contributed by atoms with Gasteiger partial charge in [0.2, 0.25) is 0 Å². The van der Waals surface area contributed by atoms with Crippen LogP contribution in [-0.2, 0) is 9.59 Å². The average molecular weight is 354 g/mol. The van der Waals surface area contributed by atoms with E-state index in [1.807, 2.05) is 0 Å². The lowest BCUT2D eigenvalue weighted by molar-refractivity contribution is -0.164. The minimum atomic E-state index is -3.19. The van der Waals surface area contributed by atoms with Gasteiger partial charge in [0.05, 0.1) is 4.11 Å². The number of hydrogen-bond acceptors (Lipinski definition) is 4. The van der Waals surface area contributed by atoms with Gasteiger partial charge in [-0.25, -0.2) is 0 Å². The van der Waals surface area contributed by atoms with Gasteiger partial charge in [0.25, 0.3) is 0 Å². The number of hydrogen-bond donors (Lipinski definition) is 2. The molecule has 1 unspecified atom stereocenters. The molecule has 0 amide bonds. The first kappa shape index (κ1) is 11.0. The predicted octanol–water partition coefficient (Wildman–Crippen LogP) is 2.81. The van der Waals surface area contributed by atoms with Gasteiger partial charge in [0.15, 0.2) is 11.6 Å². The van der Waals surface area contributed by atoms with E-state index in [0.717, 1.165) is 0 Å². The summed E-state index contributed by atoms with van der Waals surface area (Å²) in [5.41, 5.74) is -4.14. The van der Waals surface area contributed by atoms with Gasteiger partial charge in [0.1, 0.15) is 12.2 Å². The topological polar surface area (TPSA) is 74.6 Å². The van der Waals surface area contributed by atoms with Crippen LogP contribution in [0.3, 0.4) is 0 Å². The second kappa shape index (κ2) is 5.50. The molecule has 138 valence electrons. The summed E-state index contributed by atoms with van der Waals surface area (Å²) < 4.78 is 57.1. The Labute approximate surface area is 159 Å². The molecule has 6 atom stereocenters. The molecule has 4 aliphatic rings. The third-order valence-corrected chi connectivity index (χ3v) is 7.82. The lowest BCUT2D eigenvalue weighted by Crippen LogP contribution is -2.58. The average Bonchev–Trinajstić information content (AvgIpc) is 2.89. The summed E-state index contributed by atoms with van der Waals surface area (Å²) in [4.78, 5) is 25.2. The maximum Gasteiger partial charge on any atom is 0.190 e. The second-order valence-corrected chi connectivity index (χ2v) is 8.65. The maximum atomic E-state index is 12.7. The lowest BCUT2D eigenvalue weighted by Gasteiger charge is -2.58. The minimum Gasteiger partial charge on any atom is -0.388 e. The van der Waals surface area contributed by atoms with Crippen molar-refractivity contribution in [1.29, 1.82) is 0 Å². The molecule has 2 N–H and O–H groups in total. The number of rotatable bonds is 2. The molecule has 4 nitrogen and oxygen atoms in total. The maximum absolute atomic E-state index is 12.7. The molecular weight excluding hydrogens is 316 g/mol. The van der Waals surface area contributed by atoms with E-state index < -0.39 is 53.4 Å². The fraction of sp³-hybridized carbons (Fsp3) is 0.810. The smallest absolute Gasteiger partial charge is 0.190 e. The summed E-state index contributed by atoms with van der Waals surface area (Å²) in [7, 11) is 0. The largest absolute Gasteiger partial charge is 0.388 e. The quantitative estimate of drug-likeness (QED) is 0.800. The van der Waals surface area contributed by atoms with Gasteiger partial charge in [-0.05, 0) is 74.1 Å². The van der Waals surface area contributed by atoms with Crippen LogP contribution in [0, 0.1) is 28.6 Å². The summed E-state index contributed by atoms with van der Waals surface area (Å²) in [5, 5.41) is 21.0. The molecule has 0 radical (unpaired) electrons. The standard InChI is InChI=1S/C21H30O4/c1-19-8-5-14(23)11-13(19)3-4-15-16(19)6-9-20(2)17(15)7-10-21(20,25)18(24)12-22/h11,15-17,22,25H,3-10,12H2,1-2H3/t15-,16+,17+,19+,20?,21+/m1/s1/i3D2,5D2,11D,12D2. The van der Waals surface area contributed by atoms with Crippen molar-refractivity contribution in [3.63, 3.8) is 0 Å². The first-order valence-electron chi connectivity index (χ1n) is 12.6. The summed E-state index contributed by atoms with van der Waals surface area (Å²) in [6, 6.07) is -0.577. The van der Waals surface area contributed by atoms with Gasteiger partial charge >= 0.3 is 0 Å². The van der Waals surface area contributed by atoms with Crippen LogP contribution in [0.25, 0.3) is 0 Å².